The lowest BCUT2D eigenvalue weighted by atomic mass is 10.1. The van der Waals surface area contributed by atoms with E-state index >= 15 is 0 Å². The number of rotatable bonds is 2. The predicted octanol–water partition coefficient (Wildman–Crippen LogP) is 3.55. The van der Waals surface area contributed by atoms with Crippen LogP contribution in [0.15, 0.2) is 74.1 Å². The van der Waals surface area contributed by atoms with E-state index in [4.69, 9.17) is 4.42 Å². The van der Waals surface area contributed by atoms with Crippen LogP contribution < -0.4 is 5.63 Å². The number of thioether (sulfide) groups is 1. The molecule has 0 unspecified atom stereocenters. The van der Waals surface area contributed by atoms with Crippen LogP contribution in [0, 0.1) is 5.82 Å². The molecule has 1 aliphatic heterocycles. The van der Waals surface area contributed by atoms with Gasteiger partial charge in [-0.3, -0.25) is 0 Å². The van der Waals surface area contributed by atoms with Crippen molar-refractivity contribution in [1.82, 2.24) is 14.9 Å². The Labute approximate surface area is 156 Å². The topological polar surface area (TPSA) is 73.3 Å². The van der Waals surface area contributed by atoms with Crippen molar-refractivity contribution in [2.45, 2.75) is 5.16 Å². The third-order valence-corrected chi connectivity index (χ3v) is 5.16. The summed E-state index contributed by atoms with van der Waals surface area (Å²) in [5, 5.41) is 14.2. The van der Waals surface area contributed by atoms with E-state index < -0.39 is 5.63 Å². The van der Waals surface area contributed by atoms with Crippen molar-refractivity contribution in [3.63, 3.8) is 0 Å². The summed E-state index contributed by atoms with van der Waals surface area (Å²) in [7, 11) is 0. The molecule has 0 saturated carbocycles. The molecule has 0 atom stereocenters. The minimum atomic E-state index is -0.502. The van der Waals surface area contributed by atoms with E-state index in [1.165, 1.54) is 28.6 Å². The van der Waals surface area contributed by atoms with Crippen molar-refractivity contribution in [2.24, 2.45) is 5.10 Å². The fourth-order valence-corrected chi connectivity index (χ4v) is 3.74. The summed E-state index contributed by atoms with van der Waals surface area (Å²) in [6.45, 7) is 0. The fraction of sp³-hybridized carbons (Fsp3) is 0.0526. The first-order valence-electron chi connectivity index (χ1n) is 8.14. The van der Waals surface area contributed by atoms with Gasteiger partial charge in [0.05, 0.1) is 5.71 Å². The van der Waals surface area contributed by atoms with Crippen molar-refractivity contribution in [1.29, 1.82) is 0 Å². The Kier molecular flexibility index (Phi) is 3.64. The Morgan fingerprint density at radius 3 is 2.74 bits per heavy atom. The zero-order valence-corrected chi connectivity index (χ0v) is 14.6. The molecule has 0 fully saturated rings. The van der Waals surface area contributed by atoms with Crippen LogP contribution in [-0.2, 0) is 0 Å². The smallest absolute Gasteiger partial charge is 0.347 e. The Bertz CT molecular complexity index is 1260. The molecule has 0 saturated heterocycles. The Morgan fingerprint density at radius 1 is 1.07 bits per heavy atom. The molecule has 0 amide bonds. The van der Waals surface area contributed by atoms with Gasteiger partial charge in [0, 0.05) is 11.1 Å². The lowest BCUT2D eigenvalue weighted by Gasteiger charge is -2.13. The van der Waals surface area contributed by atoms with Gasteiger partial charge in [-0.25, -0.2) is 9.18 Å². The van der Waals surface area contributed by atoms with Crippen LogP contribution in [0.5, 0.6) is 0 Å². The molecule has 0 radical (unpaired) electrons. The summed E-state index contributed by atoms with van der Waals surface area (Å²) in [4.78, 5) is 12.5. The molecule has 5 rings (SSSR count). The zero-order chi connectivity index (χ0) is 18.4. The van der Waals surface area contributed by atoms with Crippen LogP contribution in [0.4, 0.5) is 4.39 Å². The van der Waals surface area contributed by atoms with E-state index in [0.29, 0.717) is 22.3 Å². The van der Waals surface area contributed by atoms with Crippen LogP contribution in [-0.4, -0.2) is 26.3 Å². The quantitative estimate of drug-likeness (QED) is 0.499. The minimum absolute atomic E-state index is 0.289. The Hall–Kier alpha value is -3.26. The van der Waals surface area contributed by atoms with Gasteiger partial charge in [-0.1, -0.05) is 42.1 Å². The lowest BCUT2D eigenvalue weighted by Crippen LogP contribution is -2.15. The monoisotopic (exact) mass is 378 g/mol. The maximum Gasteiger partial charge on any atom is 0.347 e. The highest BCUT2D eigenvalue weighted by Gasteiger charge is 2.23. The number of fused-ring (bicyclic) bond motifs is 2. The van der Waals surface area contributed by atoms with Gasteiger partial charge in [-0.05, 0) is 29.8 Å². The zero-order valence-electron chi connectivity index (χ0n) is 13.8. The van der Waals surface area contributed by atoms with Crippen LogP contribution in [0.3, 0.4) is 0 Å². The molecule has 3 heterocycles. The number of aromatic nitrogens is 3. The van der Waals surface area contributed by atoms with Gasteiger partial charge >= 0.3 is 5.63 Å². The second-order valence-electron chi connectivity index (χ2n) is 5.95. The molecule has 132 valence electrons. The molecule has 0 spiro atoms. The molecule has 0 bridgehead atoms. The molecule has 4 aromatic rings. The predicted molar refractivity (Wildman–Crippen MR) is 101 cm³/mol. The molecular formula is C19H11FN4O2S. The van der Waals surface area contributed by atoms with Crippen LogP contribution in [0.2, 0.25) is 0 Å². The van der Waals surface area contributed by atoms with Crippen molar-refractivity contribution < 1.29 is 8.81 Å². The Morgan fingerprint density at radius 2 is 1.89 bits per heavy atom. The van der Waals surface area contributed by atoms with Crippen molar-refractivity contribution in [2.75, 3.05) is 5.75 Å². The van der Waals surface area contributed by atoms with E-state index in [2.05, 4.69) is 15.3 Å². The highest BCUT2D eigenvalue weighted by Crippen LogP contribution is 2.28. The van der Waals surface area contributed by atoms with Gasteiger partial charge in [0.25, 0.3) is 0 Å². The van der Waals surface area contributed by atoms with E-state index in [9.17, 15) is 9.18 Å². The molecule has 0 aliphatic carbocycles. The second kappa shape index (κ2) is 6.17. The maximum atomic E-state index is 13.2. The number of nitrogens with zero attached hydrogens (tertiary/aromatic N) is 4. The van der Waals surface area contributed by atoms with E-state index in [1.807, 2.05) is 12.1 Å². The number of halogens is 1. The molecule has 6 nitrogen and oxygen atoms in total. The summed E-state index contributed by atoms with van der Waals surface area (Å²) < 4.78 is 20.1. The van der Waals surface area contributed by atoms with E-state index in [-0.39, 0.29) is 11.4 Å². The van der Waals surface area contributed by atoms with Gasteiger partial charge in [0.15, 0.2) is 5.82 Å². The molecule has 2 aromatic carbocycles. The fourth-order valence-electron chi connectivity index (χ4n) is 2.90. The lowest BCUT2D eigenvalue weighted by molar-refractivity contribution is 0.562. The van der Waals surface area contributed by atoms with Gasteiger partial charge in [0.2, 0.25) is 5.16 Å². The standard InChI is InChI=1S/C19H11FN4O2S/c20-13-7-5-11(6-8-13)15-10-27-19-22-21-17(24(19)23-15)14-9-12-3-1-2-4-16(12)26-18(14)25/h1-9H,10H2. The summed E-state index contributed by atoms with van der Waals surface area (Å²) in [5.74, 6) is 0.592. The summed E-state index contributed by atoms with van der Waals surface area (Å²) >= 11 is 1.45. The van der Waals surface area contributed by atoms with Crippen LogP contribution in [0.1, 0.15) is 5.56 Å². The molecule has 0 N–H and O–H groups in total. The summed E-state index contributed by atoms with van der Waals surface area (Å²) in [5.41, 5.74) is 1.85. The molecule has 27 heavy (non-hydrogen) atoms. The van der Waals surface area contributed by atoms with Crippen molar-refractivity contribution in [3.8, 4) is 11.4 Å². The number of benzene rings is 2. The third-order valence-electron chi connectivity index (χ3n) is 4.23. The van der Waals surface area contributed by atoms with Gasteiger partial charge < -0.3 is 4.42 Å². The second-order valence-corrected chi connectivity index (χ2v) is 6.89. The highest BCUT2D eigenvalue weighted by molar-refractivity contribution is 7.99. The maximum absolute atomic E-state index is 13.2. The molecular weight excluding hydrogens is 367 g/mol. The van der Waals surface area contributed by atoms with E-state index in [0.717, 1.165) is 16.7 Å². The minimum Gasteiger partial charge on any atom is -0.422 e. The van der Waals surface area contributed by atoms with E-state index in [1.54, 1.807) is 30.3 Å². The average molecular weight is 378 g/mol. The highest BCUT2D eigenvalue weighted by atomic mass is 32.2. The first-order valence-corrected chi connectivity index (χ1v) is 9.13. The molecule has 2 aromatic heterocycles. The van der Waals surface area contributed by atoms with Crippen LogP contribution >= 0.6 is 11.8 Å². The molecule has 1 aliphatic rings. The normalized spacial score (nSPS) is 13.4. The summed E-state index contributed by atoms with van der Waals surface area (Å²) in [6, 6.07) is 15.1. The number of para-hydroxylation sites is 1. The first kappa shape index (κ1) is 16.0. The van der Waals surface area contributed by atoms with Crippen molar-refractivity contribution >= 4 is 28.4 Å². The van der Waals surface area contributed by atoms with Gasteiger partial charge in [0.1, 0.15) is 17.0 Å². The average Bonchev–Trinajstić information content (AvgIpc) is 3.11. The number of hydrogen-bond acceptors (Lipinski definition) is 6. The number of hydrogen-bond donors (Lipinski definition) is 0. The van der Waals surface area contributed by atoms with Crippen LogP contribution in [0.25, 0.3) is 22.4 Å². The first-order chi connectivity index (χ1) is 13.2. The Balaban J connectivity index is 1.66. The third kappa shape index (κ3) is 2.74. The largest absolute Gasteiger partial charge is 0.422 e. The summed E-state index contributed by atoms with van der Waals surface area (Å²) in [6.07, 6.45) is 0. The van der Waals surface area contributed by atoms with Gasteiger partial charge in [-0.2, -0.15) is 9.78 Å². The van der Waals surface area contributed by atoms with Crippen molar-refractivity contribution in [3.05, 3.63) is 76.4 Å². The van der Waals surface area contributed by atoms with Gasteiger partial charge in [-0.15, -0.1) is 10.2 Å². The SMILES string of the molecule is O=c1oc2ccccc2cc1-c1nnc2n1N=C(c1ccc(F)cc1)CS2. The molecule has 8 heteroatoms.